The molecule has 0 saturated heterocycles. The van der Waals surface area contributed by atoms with Crippen LogP contribution in [-0.4, -0.2) is 18.6 Å². The number of methoxy groups -OCH3 is 1. The number of benzene rings is 1. The first-order valence-corrected chi connectivity index (χ1v) is 4.97. The quantitative estimate of drug-likeness (QED) is 0.760. The van der Waals surface area contributed by atoms with E-state index in [1.54, 1.807) is 19.2 Å². The first-order chi connectivity index (χ1) is 7.67. The zero-order chi connectivity index (χ0) is 11.6. The van der Waals surface area contributed by atoms with E-state index in [9.17, 15) is 0 Å². The highest BCUT2D eigenvalue weighted by Crippen LogP contribution is 2.26. The summed E-state index contributed by atoms with van der Waals surface area (Å²) in [7, 11) is 1.59. The van der Waals surface area contributed by atoms with Gasteiger partial charge < -0.3 is 9.57 Å². The monoisotopic (exact) mass is 216 g/mol. The van der Waals surface area contributed by atoms with Crippen LogP contribution < -0.4 is 0 Å². The maximum Gasteiger partial charge on any atom is 0.239 e. The summed E-state index contributed by atoms with van der Waals surface area (Å²) in [5.41, 5.74) is 2.33. The van der Waals surface area contributed by atoms with E-state index in [4.69, 9.17) is 14.8 Å². The molecule has 0 aromatic heterocycles. The fraction of sp³-hybridized carbons (Fsp3) is 0.333. The van der Waals surface area contributed by atoms with Crippen LogP contribution in [0.4, 0.5) is 0 Å². The Balaban J connectivity index is 2.24. The Bertz CT molecular complexity index is 476. The zero-order valence-corrected chi connectivity index (χ0v) is 9.23. The molecule has 0 N–H and O–H groups in total. The Morgan fingerprint density at radius 1 is 1.56 bits per heavy atom. The average Bonchev–Trinajstić information content (AvgIpc) is 2.73. The highest BCUT2D eigenvalue weighted by molar-refractivity contribution is 6.01. The van der Waals surface area contributed by atoms with Crippen molar-refractivity contribution in [1.29, 1.82) is 5.26 Å². The van der Waals surface area contributed by atoms with Gasteiger partial charge in [0.2, 0.25) is 5.79 Å². The Morgan fingerprint density at radius 2 is 2.38 bits per heavy atom. The predicted octanol–water partition coefficient (Wildman–Crippen LogP) is 2.05. The van der Waals surface area contributed by atoms with Gasteiger partial charge in [-0.2, -0.15) is 5.26 Å². The van der Waals surface area contributed by atoms with E-state index in [0.717, 1.165) is 11.3 Å². The van der Waals surface area contributed by atoms with Gasteiger partial charge in [-0.3, -0.25) is 0 Å². The van der Waals surface area contributed by atoms with Gasteiger partial charge in [-0.15, -0.1) is 0 Å². The Morgan fingerprint density at radius 3 is 3.00 bits per heavy atom. The molecule has 1 aromatic rings. The lowest BCUT2D eigenvalue weighted by molar-refractivity contribution is -0.192. The van der Waals surface area contributed by atoms with Crippen LogP contribution in [0.1, 0.15) is 24.5 Å². The van der Waals surface area contributed by atoms with Crippen LogP contribution in [0.3, 0.4) is 0 Å². The summed E-state index contributed by atoms with van der Waals surface area (Å²) >= 11 is 0. The van der Waals surface area contributed by atoms with Crippen molar-refractivity contribution in [2.75, 3.05) is 7.11 Å². The SMILES string of the molecule is COC1(C)CC(c2cccc(C#N)c2)=NO1. The van der Waals surface area contributed by atoms with Crippen LogP contribution in [-0.2, 0) is 9.57 Å². The van der Waals surface area contributed by atoms with Crippen LogP contribution in [0.25, 0.3) is 0 Å². The number of ether oxygens (including phenoxy) is 1. The molecule has 82 valence electrons. The third-order valence-electron chi connectivity index (χ3n) is 2.59. The summed E-state index contributed by atoms with van der Waals surface area (Å²) in [4.78, 5) is 5.21. The van der Waals surface area contributed by atoms with Crippen molar-refractivity contribution in [1.82, 2.24) is 0 Å². The van der Waals surface area contributed by atoms with Crippen molar-refractivity contribution >= 4 is 5.71 Å². The second-order valence-electron chi connectivity index (χ2n) is 3.84. The molecular weight excluding hydrogens is 204 g/mol. The number of oxime groups is 1. The van der Waals surface area contributed by atoms with Gasteiger partial charge in [-0.05, 0) is 12.1 Å². The van der Waals surface area contributed by atoms with Crippen LogP contribution >= 0.6 is 0 Å². The van der Waals surface area contributed by atoms with E-state index in [0.29, 0.717) is 12.0 Å². The predicted molar refractivity (Wildman–Crippen MR) is 58.8 cm³/mol. The molecule has 4 nitrogen and oxygen atoms in total. The molecule has 1 aliphatic heterocycles. The fourth-order valence-corrected chi connectivity index (χ4v) is 1.55. The normalized spacial score (nSPS) is 23.4. The number of rotatable bonds is 2. The van der Waals surface area contributed by atoms with Crippen LogP contribution in [0, 0.1) is 11.3 Å². The maximum absolute atomic E-state index is 8.81. The maximum atomic E-state index is 8.81. The second kappa shape index (κ2) is 3.95. The zero-order valence-electron chi connectivity index (χ0n) is 9.23. The lowest BCUT2D eigenvalue weighted by Crippen LogP contribution is -2.26. The van der Waals surface area contributed by atoms with Gasteiger partial charge in [-0.1, -0.05) is 17.3 Å². The van der Waals surface area contributed by atoms with Gasteiger partial charge in [-0.25, -0.2) is 0 Å². The molecule has 0 amide bonds. The molecule has 1 aliphatic rings. The number of nitrogens with zero attached hydrogens (tertiary/aromatic N) is 2. The summed E-state index contributed by atoms with van der Waals surface area (Å²) in [5.74, 6) is -0.683. The van der Waals surface area contributed by atoms with Crippen molar-refractivity contribution in [3.05, 3.63) is 35.4 Å². The number of hydrogen-bond acceptors (Lipinski definition) is 4. The van der Waals surface area contributed by atoms with Gasteiger partial charge in [0, 0.05) is 19.6 Å². The molecule has 1 aromatic carbocycles. The molecule has 0 fully saturated rings. The van der Waals surface area contributed by atoms with Gasteiger partial charge in [0.1, 0.15) is 0 Å². The molecule has 16 heavy (non-hydrogen) atoms. The van der Waals surface area contributed by atoms with Crippen molar-refractivity contribution in [3.63, 3.8) is 0 Å². The van der Waals surface area contributed by atoms with E-state index in [1.165, 1.54) is 0 Å². The minimum Gasteiger partial charge on any atom is -0.360 e. The summed E-state index contributed by atoms with van der Waals surface area (Å²) in [6.45, 7) is 1.83. The molecule has 0 aliphatic carbocycles. The molecule has 0 bridgehead atoms. The van der Waals surface area contributed by atoms with Crippen LogP contribution in [0.15, 0.2) is 29.4 Å². The third kappa shape index (κ3) is 1.90. The smallest absolute Gasteiger partial charge is 0.239 e. The molecule has 1 heterocycles. The molecular formula is C12H12N2O2. The van der Waals surface area contributed by atoms with Crippen LogP contribution in [0.2, 0.25) is 0 Å². The standard InChI is InChI=1S/C12H12N2O2/c1-12(15-2)7-11(14-16-12)10-5-3-4-9(6-10)8-13/h3-6H,7H2,1-2H3. The fourth-order valence-electron chi connectivity index (χ4n) is 1.55. The second-order valence-corrected chi connectivity index (χ2v) is 3.84. The Labute approximate surface area is 94.1 Å². The van der Waals surface area contributed by atoms with E-state index in [1.807, 2.05) is 19.1 Å². The molecule has 2 rings (SSSR count). The average molecular weight is 216 g/mol. The first kappa shape index (κ1) is 10.7. The molecule has 0 spiro atoms. The highest BCUT2D eigenvalue weighted by Gasteiger charge is 2.34. The number of hydrogen-bond donors (Lipinski definition) is 0. The topological polar surface area (TPSA) is 54.6 Å². The van der Waals surface area contributed by atoms with E-state index < -0.39 is 5.79 Å². The Hall–Kier alpha value is -1.86. The minimum atomic E-state index is -0.683. The van der Waals surface area contributed by atoms with Gasteiger partial charge in [0.05, 0.1) is 23.8 Å². The van der Waals surface area contributed by atoms with Gasteiger partial charge in [0.15, 0.2) is 0 Å². The molecule has 0 saturated carbocycles. The van der Waals surface area contributed by atoms with Crippen molar-refractivity contribution in [2.24, 2.45) is 5.16 Å². The molecule has 1 atom stereocenters. The molecule has 4 heteroatoms. The summed E-state index contributed by atoms with van der Waals surface area (Å²) in [5, 5.41) is 12.8. The highest BCUT2D eigenvalue weighted by atomic mass is 16.8. The van der Waals surface area contributed by atoms with Crippen LogP contribution in [0.5, 0.6) is 0 Å². The lowest BCUT2D eigenvalue weighted by Gasteiger charge is -2.18. The van der Waals surface area contributed by atoms with Gasteiger partial charge >= 0.3 is 0 Å². The summed E-state index contributed by atoms with van der Waals surface area (Å²) in [6, 6.07) is 9.39. The third-order valence-corrected chi connectivity index (χ3v) is 2.59. The minimum absolute atomic E-state index is 0.582. The first-order valence-electron chi connectivity index (χ1n) is 4.97. The summed E-state index contributed by atoms with van der Waals surface area (Å²) in [6.07, 6.45) is 0.582. The van der Waals surface area contributed by atoms with Gasteiger partial charge in [0.25, 0.3) is 0 Å². The van der Waals surface area contributed by atoms with E-state index in [-0.39, 0.29) is 0 Å². The summed E-state index contributed by atoms with van der Waals surface area (Å²) < 4.78 is 5.21. The van der Waals surface area contributed by atoms with Crippen molar-refractivity contribution < 1.29 is 9.57 Å². The Kier molecular flexibility index (Phi) is 2.63. The number of nitriles is 1. The lowest BCUT2D eigenvalue weighted by atomic mass is 10.0. The largest absolute Gasteiger partial charge is 0.360 e. The molecule has 0 radical (unpaired) electrons. The van der Waals surface area contributed by atoms with E-state index in [2.05, 4.69) is 11.2 Å². The van der Waals surface area contributed by atoms with Crippen molar-refractivity contribution in [3.8, 4) is 6.07 Å². The van der Waals surface area contributed by atoms with Crippen molar-refractivity contribution in [2.45, 2.75) is 19.1 Å². The molecule has 1 unspecified atom stereocenters. The van der Waals surface area contributed by atoms with E-state index >= 15 is 0 Å².